The number of rotatable bonds is 4. The number of hydrogen-bond donors (Lipinski definition) is 2. The van der Waals surface area contributed by atoms with Crippen molar-refractivity contribution in [3.63, 3.8) is 0 Å². The topological polar surface area (TPSA) is 38.0 Å². The van der Waals surface area contributed by atoms with Crippen molar-refractivity contribution >= 4 is 0 Å². The normalized spacial score (nSPS) is 13.2. The molecule has 0 fully saturated rings. The lowest BCUT2D eigenvalue weighted by molar-refractivity contribution is 0.467. The van der Waals surface area contributed by atoms with Crippen molar-refractivity contribution in [2.45, 2.75) is 19.8 Å². The van der Waals surface area contributed by atoms with Gasteiger partial charge in [-0.1, -0.05) is 44.2 Å². The zero-order chi connectivity index (χ0) is 9.68. The highest BCUT2D eigenvalue weighted by atomic mass is 15.2. The second kappa shape index (κ2) is 5.00. The summed E-state index contributed by atoms with van der Waals surface area (Å²) in [6.45, 7) is 5.27. The Morgan fingerprint density at radius 2 is 1.85 bits per heavy atom. The van der Waals surface area contributed by atoms with Crippen LogP contribution in [0.5, 0.6) is 0 Å². The van der Waals surface area contributed by atoms with Crippen molar-refractivity contribution in [2.75, 3.05) is 6.54 Å². The van der Waals surface area contributed by atoms with Crippen LogP contribution in [0.4, 0.5) is 0 Å². The predicted octanol–water partition coefficient (Wildman–Crippen LogP) is 1.89. The molecule has 0 radical (unpaired) electrons. The monoisotopic (exact) mass is 178 g/mol. The standard InChI is InChI=1S/C11H18N2/c1-9(2)11(8-13-12)10-6-4-3-5-7-10/h3-7,9,11,13H,8,12H2,1-2H3. The Labute approximate surface area is 80.1 Å². The second-order valence-electron chi connectivity index (χ2n) is 3.67. The second-order valence-corrected chi connectivity index (χ2v) is 3.67. The minimum Gasteiger partial charge on any atom is -0.271 e. The van der Waals surface area contributed by atoms with Gasteiger partial charge in [0.25, 0.3) is 0 Å². The SMILES string of the molecule is CC(C)C(CNN)c1ccccc1. The zero-order valence-corrected chi connectivity index (χ0v) is 8.33. The fraction of sp³-hybridized carbons (Fsp3) is 0.455. The van der Waals surface area contributed by atoms with Crippen LogP contribution < -0.4 is 11.3 Å². The molecule has 0 spiro atoms. The lowest BCUT2D eigenvalue weighted by Crippen LogP contribution is -2.29. The minimum absolute atomic E-state index is 0.506. The number of benzene rings is 1. The Balaban J connectivity index is 2.76. The molecule has 3 N–H and O–H groups in total. The van der Waals surface area contributed by atoms with Gasteiger partial charge in [-0.25, -0.2) is 0 Å². The lowest BCUT2D eigenvalue weighted by Gasteiger charge is -2.20. The first-order valence-corrected chi connectivity index (χ1v) is 4.74. The third kappa shape index (κ3) is 2.83. The third-order valence-electron chi connectivity index (χ3n) is 2.37. The van der Waals surface area contributed by atoms with Gasteiger partial charge in [-0.3, -0.25) is 11.3 Å². The van der Waals surface area contributed by atoms with Crippen molar-refractivity contribution < 1.29 is 0 Å². The molecule has 0 aliphatic heterocycles. The van der Waals surface area contributed by atoms with Gasteiger partial charge in [0, 0.05) is 12.5 Å². The van der Waals surface area contributed by atoms with E-state index in [1.807, 2.05) is 6.07 Å². The Kier molecular flexibility index (Phi) is 3.93. The van der Waals surface area contributed by atoms with Gasteiger partial charge >= 0.3 is 0 Å². The average molecular weight is 178 g/mol. The van der Waals surface area contributed by atoms with E-state index in [1.165, 1.54) is 5.56 Å². The molecule has 1 aromatic rings. The van der Waals surface area contributed by atoms with Gasteiger partial charge in [-0.2, -0.15) is 0 Å². The Hall–Kier alpha value is -0.860. The summed E-state index contributed by atoms with van der Waals surface area (Å²) in [5.74, 6) is 6.47. The van der Waals surface area contributed by atoms with Crippen LogP contribution >= 0.6 is 0 Å². The van der Waals surface area contributed by atoms with E-state index in [0.717, 1.165) is 6.54 Å². The van der Waals surface area contributed by atoms with E-state index >= 15 is 0 Å². The molecule has 0 heterocycles. The summed E-state index contributed by atoms with van der Waals surface area (Å²) in [6.07, 6.45) is 0. The Morgan fingerprint density at radius 1 is 1.23 bits per heavy atom. The van der Waals surface area contributed by atoms with Gasteiger partial charge in [-0.05, 0) is 11.5 Å². The fourth-order valence-corrected chi connectivity index (χ4v) is 1.57. The lowest BCUT2D eigenvalue weighted by atomic mass is 9.89. The van der Waals surface area contributed by atoms with Gasteiger partial charge < -0.3 is 0 Å². The van der Waals surface area contributed by atoms with Crippen molar-refractivity contribution in [3.05, 3.63) is 35.9 Å². The number of nitrogens with two attached hydrogens (primary N) is 1. The first-order valence-electron chi connectivity index (χ1n) is 4.74. The zero-order valence-electron chi connectivity index (χ0n) is 8.33. The van der Waals surface area contributed by atoms with Gasteiger partial charge in [0.15, 0.2) is 0 Å². The molecule has 1 atom stereocenters. The molecule has 13 heavy (non-hydrogen) atoms. The quantitative estimate of drug-likeness (QED) is 0.546. The van der Waals surface area contributed by atoms with Crippen LogP contribution in [-0.2, 0) is 0 Å². The van der Waals surface area contributed by atoms with Crippen molar-refractivity contribution in [1.29, 1.82) is 0 Å². The minimum atomic E-state index is 0.506. The van der Waals surface area contributed by atoms with Crippen molar-refractivity contribution in [2.24, 2.45) is 11.8 Å². The largest absolute Gasteiger partial charge is 0.271 e. The molecule has 72 valence electrons. The van der Waals surface area contributed by atoms with Crippen molar-refractivity contribution in [3.8, 4) is 0 Å². The van der Waals surface area contributed by atoms with E-state index in [2.05, 4.69) is 43.5 Å². The summed E-state index contributed by atoms with van der Waals surface area (Å²) in [5.41, 5.74) is 4.10. The summed E-state index contributed by atoms with van der Waals surface area (Å²) in [5, 5.41) is 0. The first kappa shape index (κ1) is 10.2. The maximum absolute atomic E-state index is 5.35. The Bertz CT molecular complexity index is 231. The van der Waals surface area contributed by atoms with Gasteiger partial charge in [0.05, 0.1) is 0 Å². The van der Waals surface area contributed by atoms with E-state index in [1.54, 1.807) is 0 Å². The smallest absolute Gasteiger partial charge is 0.0169 e. The average Bonchev–Trinajstić information content (AvgIpc) is 2.15. The molecule has 0 aromatic heterocycles. The summed E-state index contributed by atoms with van der Waals surface area (Å²) in [6, 6.07) is 10.5. The molecule has 0 amide bonds. The summed E-state index contributed by atoms with van der Waals surface area (Å²) in [4.78, 5) is 0. The highest BCUT2D eigenvalue weighted by molar-refractivity contribution is 5.20. The molecule has 2 nitrogen and oxygen atoms in total. The Morgan fingerprint density at radius 3 is 2.31 bits per heavy atom. The molecule has 0 aliphatic rings. The first-order chi connectivity index (χ1) is 6.25. The van der Waals surface area contributed by atoms with Gasteiger partial charge in [-0.15, -0.1) is 0 Å². The van der Waals surface area contributed by atoms with Crippen molar-refractivity contribution in [1.82, 2.24) is 5.43 Å². The maximum Gasteiger partial charge on any atom is 0.0169 e. The molecule has 0 saturated heterocycles. The van der Waals surface area contributed by atoms with E-state index in [0.29, 0.717) is 11.8 Å². The highest BCUT2D eigenvalue weighted by Crippen LogP contribution is 2.22. The van der Waals surface area contributed by atoms with Crippen LogP contribution in [0.2, 0.25) is 0 Å². The van der Waals surface area contributed by atoms with E-state index in [4.69, 9.17) is 5.84 Å². The van der Waals surface area contributed by atoms with E-state index in [9.17, 15) is 0 Å². The van der Waals surface area contributed by atoms with Crippen LogP contribution in [0.3, 0.4) is 0 Å². The number of hydrogen-bond acceptors (Lipinski definition) is 2. The third-order valence-corrected chi connectivity index (χ3v) is 2.37. The summed E-state index contributed by atoms with van der Waals surface area (Å²) < 4.78 is 0. The van der Waals surface area contributed by atoms with Crippen LogP contribution in [0.1, 0.15) is 25.3 Å². The summed E-state index contributed by atoms with van der Waals surface area (Å²) in [7, 11) is 0. The molecule has 2 heteroatoms. The molecular weight excluding hydrogens is 160 g/mol. The van der Waals surface area contributed by atoms with Gasteiger partial charge in [0.1, 0.15) is 0 Å². The molecular formula is C11H18N2. The number of nitrogens with one attached hydrogen (secondary N) is 1. The fourth-order valence-electron chi connectivity index (χ4n) is 1.57. The molecule has 0 bridgehead atoms. The highest BCUT2D eigenvalue weighted by Gasteiger charge is 2.13. The molecule has 1 unspecified atom stereocenters. The van der Waals surface area contributed by atoms with Crippen LogP contribution in [-0.4, -0.2) is 6.54 Å². The number of hydrazine groups is 1. The van der Waals surface area contributed by atoms with Crippen LogP contribution in [0, 0.1) is 5.92 Å². The molecule has 1 rings (SSSR count). The molecule has 0 saturated carbocycles. The molecule has 1 aromatic carbocycles. The molecule has 0 aliphatic carbocycles. The van der Waals surface area contributed by atoms with Gasteiger partial charge in [0.2, 0.25) is 0 Å². The van der Waals surface area contributed by atoms with Crippen LogP contribution in [0.15, 0.2) is 30.3 Å². The van der Waals surface area contributed by atoms with Crippen LogP contribution in [0.25, 0.3) is 0 Å². The van der Waals surface area contributed by atoms with E-state index < -0.39 is 0 Å². The van der Waals surface area contributed by atoms with E-state index in [-0.39, 0.29) is 0 Å². The maximum atomic E-state index is 5.35. The predicted molar refractivity (Wildman–Crippen MR) is 56.2 cm³/mol. The summed E-state index contributed by atoms with van der Waals surface area (Å²) >= 11 is 0.